The van der Waals surface area contributed by atoms with Crippen LogP contribution in [0.4, 0.5) is 0 Å². The Morgan fingerprint density at radius 3 is 2.92 bits per heavy atom. The van der Waals surface area contributed by atoms with E-state index in [0.717, 1.165) is 12.8 Å². The fourth-order valence-electron chi connectivity index (χ4n) is 1.52. The molecule has 2 rings (SSSR count). The number of aromatic nitrogens is 2. The molecule has 1 aromatic heterocycles. The molecule has 66 valence electrons. The lowest BCUT2D eigenvalue weighted by atomic mass is 10.0. The van der Waals surface area contributed by atoms with Crippen LogP contribution in [-0.2, 0) is 17.3 Å². The van der Waals surface area contributed by atoms with Crippen molar-refractivity contribution in [3.05, 3.63) is 18.0 Å². The molecule has 0 atom stereocenters. The van der Waals surface area contributed by atoms with Gasteiger partial charge in [0.15, 0.2) is 0 Å². The molecule has 0 bridgehead atoms. The Morgan fingerprint density at radius 2 is 2.50 bits per heavy atom. The summed E-state index contributed by atoms with van der Waals surface area (Å²) in [6, 6.07) is 0. The molecule has 0 spiro atoms. The van der Waals surface area contributed by atoms with Crippen LogP contribution in [0.3, 0.4) is 0 Å². The maximum Gasteiger partial charge on any atom is 0.0777 e. The molecule has 1 saturated carbocycles. The first kappa shape index (κ1) is 7.76. The van der Waals surface area contributed by atoms with Crippen molar-refractivity contribution in [2.45, 2.75) is 18.3 Å². The molecule has 4 nitrogen and oxygen atoms in total. The fourth-order valence-corrected chi connectivity index (χ4v) is 1.52. The summed E-state index contributed by atoms with van der Waals surface area (Å²) in [6.07, 6.45) is 6.25. The second-order valence-corrected chi connectivity index (χ2v) is 3.49. The molecule has 0 aliphatic heterocycles. The average Bonchev–Trinajstić information content (AvgIpc) is 2.69. The Morgan fingerprint density at radius 1 is 1.75 bits per heavy atom. The van der Waals surface area contributed by atoms with E-state index in [-0.39, 0.29) is 5.41 Å². The van der Waals surface area contributed by atoms with E-state index in [4.69, 9.17) is 10.7 Å². The van der Waals surface area contributed by atoms with Gasteiger partial charge in [-0.05, 0) is 18.4 Å². The van der Waals surface area contributed by atoms with Gasteiger partial charge in [-0.1, -0.05) is 0 Å². The van der Waals surface area contributed by atoms with Crippen molar-refractivity contribution < 1.29 is 4.84 Å². The van der Waals surface area contributed by atoms with Crippen LogP contribution in [0, 0.1) is 0 Å². The Balaban J connectivity index is 2.18. The van der Waals surface area contributed by atoms with E-state index in [1.54, 1.807) is 0 Å². The van der Waals surface area contributed by atoms with Gasteiger partial charge in [0.25, 0.3) is 0 Å². The summed E-state index contributed by atoms with van der Waals surface area (Å²) in [6.45, 7) is 0.610. The number of rotatable bonds is 3. The van der Waals surface area contributed by atoms with Crippen LogP contribution in [0.2, 0.25) is 0 Å². The summed E-state index contributed by atoms with van der Waals surface area (Å²) in [5.74, 6) is 5.07. The number of nitrogens with zero attached hydrogens (tertiary/aromatic N) is 2. The minimum Gasteiger partial charge on any atom is -0.304 e. The lowest BCUT2D eigenvalue weighted by molar-refractivity contribution is 0.116. The molecule has 4 heteroatoms. The lowest BCUT2D eigenvalue weighted by Crippen LogP contribution is -2.17. The first-order valence-electron chi connectivity index (χ1n) is 4.08. The number of hydrogen-bond acceptors (Lipinski definition) is 3. The molecule has 1 fully saturated rings. The standard InChI is InChI=1S/C8H13N3O/c1-11-5-7(4-10-11)8(2-3-8)6-12-9/h4-5H,2-3,6,9H2,1H3. The summed E-state index contributed by atoms with van der Waals surface area (Å²) in [5.41, 5.74) is 1.43. The van der Waals surface area contributed by atoms with Crippen molar-refractivity contribution in [2.24, 2.45) is 12.9 Å². The van der Waals surface area contributed by atoms with Gasteiger partial charge in [-0.25, -0.2) is 5.90 Å². The second kappa shape index (κ2) is 2.57. The summed E-state index contributed by atoms with van der Waals surface area (Å²) in [4.78, 5) is 4.70. The normalized spacial score (nSPS) is 19.5. The van der Waals surface area contributed by atoms with Crippen molar-refractivity contribution in [3.63, 3.8) is 0 Å². The van der Waals surface area contributed by atoms with Gasteiger partial charge in [-0.15, -0.1) is 0 Å². The molecule has 1 aliphatic rings. The zero-order chi connectivity index (χ0) is 8.60. The smallest absolute Gasteiger partial charge is 0.0777 e. The molecular weight excluding hydrogens is 154 g/mol. The van der Waals surface area contributed by atoms with Crippen LogP contribution < -0.4 is 5.90 Å². The van der Waals surface area contributed by atoms with Crippen LogP contribution in [-0.4, -0.2) is 16.4 Å². The van der Waals surface area contributed by atoms with Gasteiger partial charge >= 0.3 is 0 Å². The van der Waals surface area contributed by atoms with Gasteiger partial charge in [-0.3, -0.25) is 4.68 Å². The fraction of sp³-hybridized carbons (Fsp3) is 0.625. The Bertz CT molecular complexity index is 278. The Kier molecular flexibility index (Phi) is 1.66. The van der Waals surface area contributed by atoms with Crippen LogP contribution in [0.15, 0.2) is 12.4 Å². The van der Waals surface area contributed by atoms with Crippen molar-refractivity contribution >= 4 is 0 Å². The zero-order valence-electron chi connectivity index (χ0n) is 7.16. The van der Waals surface area contributed by atoms with Crippen molar-refractivity contribution in [1.29, 1.82) is 0 Å². The first-order chi connectivity index (χ1) is 5.77. The third kappa shape index (κ3) is 1.13. The highest BCUT2D eigenvalue weighted by atomic mass is 16.6. The highest BCUT2D eigenvalue weighted by Crippen LogP contribution is 2.47. The van der Waals surface area contributed by atoms with Crippen molar-refractivity contribution in [1.82, 2.24) is 9.78 Å². The van der Waals surface area contributed by atoms with E-state index in [2.05, 4.69) is 5.10 Å². The third-order valence-electron chi connectivity index (χ3n) is 2.53. The zero-order valence-corrected chi connectivity index (χ0v) is 7.16. The highest BCUT2D eigenvalue weighted by molar-refractivity contribution is 5.26. The van der Waals surface area contributed by atoms with Crippen molar-refractivity contribution in [3.8, 4) is 0 Å². The second-order valence-electron chi connectivity index (χ2n) is 3.49. The van der Waals surface area contributed by atoms with Crippen LogP contribution in [0.25, 0.3) is 0 Å². The molecule has 0 saturated heterocycles. The molecule has 1 heterocycles. The molecule has 0 aromatic carbocycles. The van der Waals surface area contributed by atoms with E-state index in [1.165, 1.54) is 5.56 Å². The minimum atomic E-state index is 0.184. The molecule has 2 N–H and O–H groups in total. The third-order valence-corrected chi connectivity index (χ3v) is 2.53. The number of aryl methyl sites for hydroxylation is 1. The Hall–Kier alpha value is -0.870. The van der Waals surface area contributed by atoms with Gasteiger partial charge < -0.3 is 4.84 Å². The predicted molar refractivity (Wildman–Crippen MR) is 44.3 cm³/mol. The predicted octanol–water partition coefficient (Wildman–Crippen LogP) is 0.342. The molecule has 0 radical (unpaired) electrons. The lowest BCUT2D eigenvalue weighted by Gasteiger charge is -2.09. The summed E-state index contributed by atoms with van der Waals surface area (Å²) >= 11 is 0. The quantitative estimate of drug-likeness (QED) is 0.660. The topological polar surface area (TPSA) is 53.1 Å². The summed E-state index contributed by atoms with van der Waals surface area (Å²) < 4.78 is 1.81. The van der Waals surface area contributed by atoms with E-state index in [9.17, 15) is 0 Å². The molecule has 1 aliphatic carbocycles. The first-order valence-corrected chi connectivity index (χ1v) is 4.08. The minimum absolute atomic E-state index is 0.184. The Labute approximate surface area is 71.3 Å². The monoisotopic (exact) mass is 167 g/mol. The summed E-state index contributed by atoms with van der Waals surface area (Å²) in [5, 5.41) is 4.13. The largest absolute Gasteiger partial charge is 0.304 e. The average molecular weight is 167 g/mol. The number of nitrogens with two attached hydrogens (primary N) is 1. The van der Waals surface area contributed by atoms with E-state index < -0.39 is 0 Å². The van der Waals surface area contributed by atoms with Crippen LogP contribution >= 0.6 is 0 Å². The number of hydrogen-bond donors (Lipinski definition) is 1. The van der Waals surface area contributed by atoms with E-state index >= 15 is 0 Å². The molecular formula is C8H13N3O. The van der Waals surface area contributed by atoms with Gasteiger partial charge in [0.1, 0.15) is 0 Å². The molecule has 0 amide bonds. The maximum atomic E-state index is 5.07. The molecule has 12 heavy (non-hydrogen) atoms. The van der Waals surface area contributed by atoms with Crippen LogP contribution in [0.1, 0.15) is 18.4 Å². The van der Waals surface area contributed by atoms with E-state index in [1.807, 2.05) is 24.1 Å². The van der Waals surface area contributed by atoms with Gasteiger partial charge in [0.2, 0.25) is 0 Å². The van der Waals surface area contributed by atoms with Crippen LogP contribution in [0.5, 0.6) is 0 Å². The molecule has 1 aromatic rings. The maximum absolute atomic E-state index is 5.07. The van der Waals surface area contributed by atoms with Gasteiger partial charge in [0.05, 0.1) is 12.8 Å². The van der Waals surface area contributed by atoms with Gasteiger partial charge in [0, 0.05) is 18.7 Å². The highest BCUT2D eigenvalue weighted by Gasteiger charge is 2.45. The summed E-state index contributed by atoms with van der Waals surface area (Å²) in [7, 11) is 1.92. The van der Waals surface area contributed by atoms with Crippen molar-refractivity contribution in [2.75, 3.05) is 6.61 Å². The van der Waals surface area contributed by atoms with E-state index in [0.29, 0.717) is 6.61 Å². The molecule has 0 unspecified atom stereocenters. The van der Waals surface area contributed by atoms with Gasteiger partial charge in [-0.2, -0.15) is 5.10 Å². The SMILES string of the molecule is Cn1cc(C2(CON)CC2)cn1.